The van der Waals surface area contributed by atoms with E-state index in [-0.39, 0.29) is 11.8 Å². The summed E-state index contributed by atoms with van der Waals surface area (Å²) in [4.78, 5) is 30.5. The molecule has 0 fully saturated rings. The second kappa shape index (κ2) is 8.60. The number of para-hydroxylation sites is 1. The number of carbonyl (C=O) groups is 2. The van der Waals surface area contributed by atoms with Gasteiger partial charge in [-0.3, -0.25) is 9.59 Å². The lowest BCUT2D eigenvalue weighted by atomic mass is 10.0. The van der Waals surface area contributed by atoms with Gasteiger partial charge in [-0.25, -0.2) is 4.90 Å². The maximum atomic E-state index is 13.7. The van der Waals surface area contributed by atoms with E-state index in [1.165, 1.54) is 10.5 Å². The van der Waals surface area contributed by atoms with Gasteiger partial charge in [-0.1, -0.05) is 74.5 Å². The predicted octanol–water partition coefficient (Wildman–Crippen LogP) is 5.62. The van der Waals surface area contributed by atoms with Gasteiger partial charge in [0.25, 0.3) is 11.8 Å². The summed E-state index contributed by atoms with van der Waals surface area (Å²) in [5.41, 5.74) is 4.23. The Bertz CT molecular complexity index is 1120. The molecule has 0 spiro atoms. The number of imide groups is 1. The molecule has 2 amide bonds. The van der Waals surface area contributed by atoms with Crippen LogP contribution >= 0.6 is 0 Å². The van der Waals surface area contributed by atoms with Crippen LogP contribution in [-0.4, -0.2) is 18.4 Å². The zero-order valence-corrected chi connectivity index (χ0v) is 18.1. The quantitative estimate of drug-likeness (QED) is 0.495. The van der Waals surface area contributed by atoms with Crippen LogP contribution in [0, 0.1) is 0 Å². The van der Waals surface area contributed by atoms with Crippen molar-refractivity contribution in [2.45, 2.75) is 26.7 Å². The Morgan fingerprint density at radius 3 is 1.90 bits per heavy atom. The van der Waals surface area contributed by atoms with Crippen LogP contribution in [0.1, 0.15) is 37.8 Å². The molecule has 4 nitrogen and oxygen atoms in total. The minimum Gasteiger partial charge on any atom is -0.337 e. The molecule has 4 rings (SSSR count). The average molecular weight is 411 g/mol. The van der Waals surface area contributed by atoms with Gasteiger partial charge in [0.15, 0.2) is 0 Å². The number of hydrogen-bond donors (Lipinski definition) is 0. The molecule has 3 aromatic rings. The van der Waals surface area contributed by atoms with Gasteiger partial charge in [0, 0.05) is 12.2 Å². The fourth-order valence-electron chi connectivity index (χ4n) is 3.95. The number of carbonyl (C=O) groups excluding carboxylic acids is 2. The Labute approximate surface area is 183 Å². The summed E-state index contributed by atoms with van der Waals surface area (Å²) in [5.74, 6) is -0.217. The average Bonchev–Trinajstić information content (AvgIpc) is 3.06. The number of hydrogen-bond acceptors (Lipinski definition) is 3. The fourth-order valence-corrected chi connectivity index (χ4v) is 3.95. The molecule has 3 aromatic carbocycles. The van der Waals surface area contributed by atoms with Gasteiger partial charge in [0.2, 0.25) is 0 Å². The van der Waals surface area contributed by atoms with Crippen molar-refractivity contribution in [3.63, 3.8) is 0 Å². The second-order valence-corrected chi connectivity index (χ2v) is 7.86. The Morgan fingerprint density at radius 1 is 0.774 bits per heavy atom. The monoisotopic (exact) mass is 410 g/mol. The number of anilines is 2. The third kappa shape index (κ3) is 3.77. The van der Waals surface area contributed by atoms with E-state index in [9.17, 15) is 9.59 Å². The van der Waals surface area contributed by atoms with E-state index < -0.39 is 0 Å². The van der Waals surface area contributed by atoms with Gasteiger partial charge in [0.1, 0.15) is 5.70 Å². The maximum Gasteiger partial charge on any atom is 0.282 e. The van der Waals surface area contributed by atoms with Crippen molar-refractivity contribution in [3.8, 4) is 0 Å². The molecule has 4 heteroatoms. The van der Waals surface area contributed by atoms with E-state index >= 15 is 0 Å². The zero-order chi connectivity index (χ0) is 22.0. The second-order valence-electron chi connectivity index (χ2n) is 7.86. The largest absolute Gasteiger partial charge is 0.337 e. The van der Waals surface area contributed by atoms with Crippen LogP contribution in [-0.2, 0) is 9.59 Å². The third-order valence-corrected chi connectivity index (χ3v) is 5.59. The Balaban J connectivity index is 1.85. The molecule has 0 aliphatic carbocycles. The number of benzene rings is 3. The van der Waals surface area contributed by atoms with Crippen LogP contribution < -0.4 is 9.80 Å². The van der Waals surface area contributed by atoms with Crippen LogP contribution in [0.5, 0.6) is 0 Å². The Morgan fingerprint density at radius 2 is 1.35 bits per heavy atom. The molecule has 1 aliphatic heterocycles. The summed E-state index contributed by atoms with van der Waals surface area (Å²) < 4.78 is 0. The first-order chi connectivity index (χ1) is 15.0. The van der Waals surface area contributed by atoms with Gasteiger partial charge in [0.05, 0.1) is 11.3 Å². The first-order valence-electron chi connectivity index (χ1n) is 10.6. The first-order valence-corrected chi connectivity index (χ1v) is 10.6. The highest BCUT2D eigenvalue weighted by Gasteiger charge is 2.42. The van der Waals surface area contributed by atoms with E-state index in [2.05, 4.69) is 13.8 Å². The van der Waals surface area contributed by atoms with Crippen LogP contribution in [0.25, 0.3) is 5.57 Å². The van der Waals surface area contributed by atoms with Crippen molar-refractivity contribution >= 4 is 28.8 Å². The molecule has 0 bridgehead atoms. The standard InChI is InChI=1S/C27H26N2O2/c1-4-28(22-13-9-6-10-14-22)25-24(21-11-7-5-8-12-21)26(30)29(27(25)31)23-17-15-20(16-18-23)19(2)3/h5-19H,4H2,1-3H3. The fraction of sp³-hybridized carbons (Fsp3) is 0.185. The van der Waals surface area contributed by atoms with Crippen molar-refractivity contribution < 1.29 is 9.59 Å². The summed E-state index contributed by atoms with van der Waals surface area (Å²) in [5, 5.41) is 0. The predicted molar refractivity (Wildman–Crippen MR) is 126 cm³/mol. The molecule has 0 aromatic heterocycles. The van der Waals surface area contributed by atoms with Crippen molar-refractivity contribution in [3.05, 3.63) is 102 Å². The highest BCUT2D eigenvalue weighted by Crippen LogP contribution is 2.36. The maximum absolute atomic E-state index is 13.7. The van der Waals surface area contributed by atoms with E-state index in [1.54, 1.807) is 0 Å². The number of amides is 2. The molecule has 0 N–H and O–H groups in total. The molecule has 1 heterocycles. The summed E-state index contributed by atoms with van der Waals surface area (Å²) in [6.07, 6.45) is 0. The molecule has 0 atom stereocenters. The lowest BCUT2D eigenvalue weighted by molar-refractivity contribution is -0.120. The zero-order valence-electron chi connectivity index (χ0n) is 18.1. The molecule has 156 valence electrons. The Hall–Kier alpha value is -3.66. The van der Waals surface area contributed by atoms with Gasteiger partial charge in [-0.15, -0.1) is 0 Å². The van der Waals surface area contributed by atoms with Crippen molar-refractivity contribution in [1.29, 1.82) is 0 Å². The van der Waals surface area contributed by atoms with E-state index in [0.717, 1.165) is 11.3 Å². The third-order valence-electron chi connectivity index (χ3n) is 5.59. The van der Waals surface area contributed by atoms with Crippen molar-refractivity contribution in [1.82, 2.24) is 0 Å². The summed E-state index contributed by atoms with van der Waals surface area (Å²) >= 11 is 0. The van der Waals surface area contributed by atoms with Crippen LogP contribution in [0.3, 0.4) is 0 Å². The molecule has 0 saturated heterocycles. The van der Waals surface area contributed by atoms with Gasteiger partial charge < -0.3 is 4.90 Å². The molecular formula is C27H26N2O2. The van der Waals surface area contributed by atoms with Gasteiger partial charge in [-0.2, -0.15) is 0 Å². The summed E-state index contributed by atoms with van der Waals surface area (Å²) in [6.45, 7) is 6.79. The SMILES string of the molecule is CCN(C1=C(c2ccccc2)C(=O)N(c2ccc(C(C)C)cc2)C1=O)c1ccccc1. The topological polar surface area (TPSA) is 40.6 Å². The normalized spacial score (nSPS) is 14.0. The summed E-state index contributed by atoms with van der Waals surface area (Å²) in [6, 6.07) is 26.8. The van der Waals surface area contributed by atoms with Crippen LogP contribution in [0.15, 0.2) is 90.6 Å². The smallest absolute Gasteiger partial charge is 0.282 e. The van der Waals surface area contributed by atoms with Crippen molar-refractivity contribution in [2.75, 3.05) is 16.3 Å². The van der Waals surface area contributed by atoms with Gasteiger partial charge in [-0.05, 0) is 48.2 Å². The minimum absolute atomic E-state index is 0.294. The van der Waals surface area contributed by atoms with Crippen LogP contribution in [0.4, 0.5) is 11.4 Å². The lowest BCUT2D eigenvalue weighted by Gasteiger charge is -2.25. The number of nitrogens with zero attached hydrogens (tertiary/aromatic N) is 2. The van der Waals surface area contributed by atoms with Gasteiger partial charge >= 0.3 is 0 Å². The minimum atomic E-state index is -0.299. The van der Waals surface area contributed by atoms with Crippen LogP contribution in [0.2, 0.25) is 0 Å². The van der Waals surface area contributed by atoms with E-state index in [4.69, 9.17) is 0 Å². The van der Waals surface area contributed by atoms with E-state index in [0.29, 0.717) is 29.4 Å². The molecule has 31 heavy (non-hydrogen) atoms. The van der Waals surface area contributed by atoms with Crippen molar-refractivity contribution in [2.24, 2.45) is 0 Å². The number of likely N-dealkylation sites (N-methyl/N-ethyl adjacent to an activating group) is 1. The molecule has 0 saturated carbocycles. The molecular weight excluding hydrogens is 384 g/mol. The Kier molecular flexibility index (Phi) is 5.72. The molecule has 0 unspecified atom stereocenters. The summed E-state index contributed by atoms with van der Waals surface area (Å²) in [7, 11) is 0. The van der Waals surface area contributed by atoms with E-state index in [1.807, 2.05) is 96.8 Å². The highest BCUT2D eigenvalue weighted by atomic mass is 16.2. The molecule has 1 aliphatic rings. The lowest BCUT2D eigenvalue weighted by Crippen LogP contribution is -2.35. The highest BCUT2D eigenvalue weighted by molar-refractivity contribution is 6.46. The molecule has 0 radical (unpaired) electrons. The number of rotatable bonds is 6. The first kappa shape index (κ1) is 20.6.